The number of nitrogens with one attached hydrogen (secondary N) is 1. The van der Waals surface area contributed by atoms with Crippen LogP contribution in [-0.4, -0.2) is 21.3 Å². The van der Waals surface area contributed by atoms with Gasteiger partial charge in [0.15, 0.2) is 0 Å². The molecule has 2 aromatic heterocycles. The van der Waals surface area contributed by atoms with Crippen LogP contribution in [0.1, 0.15) is 42.7 Å². The number of hydrogen-bond donors (Lipinski definition) is 1. The normalized spacial score (nSPS) is 15.0. The van der Waals surface area contributed by atoms with Gasteiger partial charge in [-0.1, -0.05) is 20.8 Å². The SMILES string of the molecule is CC(C)(C)c1csc(Cn2nc3c(cc2=O)CNCC3)n1. The predicted octanol–water partition coefficient (Wildman–Crippen LogP) is 1.69. The smallest absolute Gasteiger partial charge is 0.267 e. The Hall–Kier alpha value is -1.53. The second-order valence-electron chi connectivity index (χ2n) is 6.42. The van der Waals surface area contributed by atoms with Crippen LogP contribution in [0, 0.1) is 0 Å². The molecule has 1 N–H and O–H groups in total. The fourth-order valence-electron chi connectivity index (χ4n) is 2.33. The molecule has 21 heavy (non-hydrogen) atoms. The van der Waals surface area contributed by atoms with Gasteiger partial charge in [0.2, 0.25) is 0 Å². The molecular formula is C15H20N4OS. The zero-order chi connectivity index (χ0) is 15.0. The quantitative estimate of drug-likeness (QED) is 0.917. The number of nitrogens with zero attached hydrogens (tertiary/aromatic N) is 3. The fraction of sp³-hybridized carbons (Fsp3) is 0.533. The first-order chi connectivity index (χ1) is 9.93. The Morgan fingerprint density at radius 2 is 2.24 bits per heavy atom. The van der Waals surface area contributed by atoms with Crippen molar-refractivity contribution in [3.05, 3.63) is 43.8 Å². The van der Waals surface area contributed by atoms with E-state index in [1.54, 1.807) is 17.4 Å². The Balaban J connectivity index is 1.88. The van der Waals surface area contributed by atoms with Crippen molar-refractivity contribution in [2.75, 3.05) is 6.54 Å². The molecule has 0 fully saturated rings. The first-order valence-electron chi connectivity index (χ1n) is 7.19. The first-order valence-corrected chi connectivity index (χ1v) is 8.07. The van der Waals surface area contributed by atoms with Gasteiger partial charge in [0.25, 0.3) is 5.56 Å². The Morgan fingerprint density at radius 1 is 1.43 bits per heavy atom. The summed E-state index contributed by atoms with van der Waals surface area (Å²) in [5.74, 6) is 0. The van der Waals surface area contributed by atoms with E-state index in [1.807, 2.05) is 0 Å². The molecule has 0 radical (unpaired) electrons. The Labute approximate surface area is 128 Å². The van der Waals surface area contributed by atoms with Crippen molar-refractivity contribution >= 4 is 11.3 Å². The minimum atomic E-state index is -0.0510. The van der Waals surface area contributed by atoms with Gasteiger partial charge in [0, 0.05) is 36.4 Å². The van der Waals surface area contributed by atoms with Crippen LogP contribution >= 0.6 is 11.3 Å². The van der Waals surface area contributed by atoms with Crippen LogP contribution in [-0.2, 0) is 24.9 Å². The maximum atomic E-state index is 12.1. The number of aromatic nitrogens is 3. The molecule has 0 spiro atoms. The van der Waals surface area contributed by atoms with Crippen molar-refractivity contribution in [3.63, 3.8) is 0 Å². The van der Waals surface area contributed by atoms with Gasteiger partial charge < -0.3 is 5.32 Å². The standard InChI is InChI=1S/C15H20N4OS/c1-15(2,3)12-9-21-13(17-12)8-19-14(20)6-10-7-16-5-4-11(10)18-19/h6,9,16H,4-5,7-8H2,1-3H3. The molecule has 5 nitrogen and oxygen atoms in total. The second-order valence-corrected chi connectivity index (χ2v) is 7.36. The lowest BCUT2D eigenvalue weighted by Gasteiger charge is -2.16. The van der Waals surface area contributed by atoms with Gasteiger partial charge in [-0.2, -0.15) is 5.10 Å². The van der Waals surface area contributed by atoms with Gasteiger partial charge in [0.05, 0.1) is 17.9 Å². The molecule has 0 aromatic carbocycles. The lowest BCUT2D eigenvalue weighted by atomic mass is 9.93. The summed E-state index contributed by atoms with van der Waals surface area (Å²) in [6.07, 6.45) is 0.876. The van der Waals surface area contributed by atoms with Gasteiger partial charge in [0.1, 0.15) is 5.01 Å². The Bertz CT molecular complexity index is 711. The molecule has 1 aliphatic rings. The Morgan fingerprint density at radius 3 is 2.95 bits per heavy atom. The molecule has 0 amide bonds. The minimum absolute atomic E-state index is 0.0364. The van der Waals surface area contributed by atoms with Crippen molar-refractivity contribution < 1.29 is 0 Å². The van der Waals surface area contributed by atoms with Crippen molar-refractivity contribution in [2.45, 2.75) is 45.7 Å². The number of hydrogen-bond acceptors (Lipinski definition) is 5. The summed E-state index contributed by atoms with van der Waals surface area (Å²) >= 11 is 1.59. The molecule has 0 bridgehead atoms. The van der Waals surface area contributed by atoms with E-state index in [-0.39, 0.29) is 11.0 Å². The molecular weight excluding hydrogens is 284 g/mol. The highest BCUT2D eigenvalue weighted by molar-refractivity contribution is 7.09. The lowest BCUT2D eigenvalue weighted by molar-refractivity contribution is 0.551. The van der Waals surface area contributed by atoms with Gasteiger partial charge in [-0.3, -0.25) is 4.79 Å². The summed E-state index contributed by atoms with van der Waals surface area (Å²) in [4.78, 5) is 16.8. The summed E-state index contributed by atoms with van der Waals surface area (Å²) in [7, 11) is 0. The van der Waals surface area contributed by atoms with E-state index in [0.29, 0.717) is 6.54 Å². The van der Waals surface area contributed by atoms with Crippen molar-refractivity contribution in [3.8, 4) is 0 Å². The van der Waals surface area contributed by atoms with Gasteiger partial charge in [-0.05, 0) is 5.56 Å². The van der Waals surface area contributed by atoms with Crippen LogP contribution in [0.4, 0.5) is 0 Å². The average molecular weight is 304 g/mol. The third-order valence-corrected chi connectivity index (χ3v) is 4.46. The molecule has 0 atom stereocenters. The summed E-state index contributed by atoms with van der Waals surface area (Å²) in [5.41, 5.74) is 3.11. The van der Waals surface area contributed by atoms with E-state index in [4.69, 9.17) is 0 Å². The lowest BCUT2D eigenvalue weighted by Crippen LogP contribution is -2.31. The number of fused-ring (bicyclic) bond motifs is 1. The summed E-state index contributed by atoms with van der Waals surface area (Å²) in [6, 6.07) is 1.70. The van der Waals surface area contributed by atoms with Gasteiger partial charge >= 0.3 is 0 Å². The van der Waals surface area contributed by atoms with E-state index >= 15 is 0 Å². The second kappa shape index (κ2) is 5.35. The van der Waals surface area contributed by atoms with Crippen LogP contribution in [0.25, 0.3) is 0 Å². The largest absolute Gasteiger partial charge is 0.312 e. The first kappa shape index (κ1) is 14.4. The van der Waals surface area contributed by atoms with E-state index in [0.717, 1.165) is 41.5 Å². The van der Waals surface area contributed by atoms with Crippen molar-refractivity contribution in [1.82, 2.24) is 20.1 Å². The molecule has 1 aliphatic heterocycles. The van der Waals surface area contributed by atoms with E-state index in [2.05, 4.69) is 41.6 Å². The maximum absolute atomic E-state index is 12.1. The highest BCUT2D eigenvalue weighted by Gasteiger charge is 2.18. The van der Waals surface area contributed by atoms with Crippen molar-refractivity contribution in [1.29, 1.82) is 0 Å². The third kappa shape index (κ3) is 3.06. The van der Waals surface area contributed by atoms with Gasteiger partial charge in [-0.25, -0.2) is 9.67 Å². The maximum Gasteiger partial charge on any atom is 0.267 e. The highest BCUT2D eigenvalue weighted by Crippen LogP contribution is 2.24. The van der Waals surface area contributed by atoms with Crippen LogP contribution in [0.3, 0.4) is 0 Å². The average Bonchev–Trinajstić information content (AvgIpc) is 2.88. The van der Waals surface area contributed by atoms with E-state index in [9.17, 15) is 4.79 Å². The fourth-order valence-corrected chi connectivity index (χ4v) is 3.33. The van der Waals surface area contributed by atoms with Crippen LogP contribution in [0.5, 0.6) is 0 Å². The Kier molecular flexibility index (Phi) is 3.67. The molecule has 3 rings (SSSR count). The topological polar surface area (TPSA) is 59.8 Å². The van der Waals surface area contributed by atoms with E-state index in [1.165, 1.54) is 4.68 Å². The summed E-state index contributed by atoms with van der Waals surface area (Å²) < 4.78 is 1.54. The third-order valence-electron chi connectivity index (χ3n) is 3.62. The zero-order valence-corrected chi connectivity index (χ0v) is 13.5. The molecule has 0 saturated heterocycles. The van der Waals surface area contributed by atoms with Crippen molar-refractivity contribution in [2.24, 2.45) is 0 Å². The zero-order valence-electron chi connectivity index (χ0n) is 12.6. The van der Waals surface area contributed by atoms with Crippen LogP contribution in [0.15, 0.2) is 16.2 Å². The molecule has 112 valence electrons. The molecule has 0 unspecified atom stereocenters. The summed E-state index contributed by atoms with van der Waals surface area (Å²) in [5, 5.41) is 10.8. The highest BCUT2D eigenvalue weighted by atomic mass is 32.1. The summed E-state index contributed by atoms with van der Waals surface area (Å²) in [6.45, 7) is 8.54. The number of thiazole rings is 1. The predicted molar refractivity (Wildman–Crippen MR) is 83.8 cm³/mol. The van der Waals surface area contributed by atoms with Gasteiger partial charge in [-0.15, -0.1) is 11.3 Å². The molecule has 3 heterocycles. The van der Waals surface area contributed by atoms with E-state index < -0.39 is 0 Å². The molecule has 2 aromatic rings. The van der Waals surface area contributed by atoms with Crippen LogP contribution in [0.2, 0.25) is 0 Å². The number of rotatable bonds is 2. The molecule has 0 saturated carbocycles. The molecule has 6 heteroatoms. The monoisotopic (exact) mass is 304 g/mol. The minimum Gasteiger partial charge on any atom is -0.312 e. The van der Waals surface area contributed by atoms with Crippen LogP contribution < -0.4 is 10.9 Å². The molecule has 0 aliphatic carbocycles.